The molecule has 2 unspecified atom stereocenters. The number of hydrogen-bond donors (Lipinski definition) is 3. The van der Waals surface area contributed by atoms with E-state index in [4.69, 9.17) is 0 Å². The van der Waals surface area contributed by atoms with Crippen LogP contribution in [-0.2, 0) is 0 Å². The van der Waals surface area contributed by atoms with Crippen molar-refractivity contribution in [3.05, 3.63) is 38.4 Å². The number of benzene rings is 1. The van der Waals surface area contributed by atoms with Gasteiger partial charge in [0.2, 0.25) is 0 Å². The van der Waals surface area contributed by atoms with Crippen LogP contribution in [0.1, 0.15) is 13.8 Å². The Balaban J connectivity index is 2.16. The van der Waals surface area contributed by atoms with Gasteiger partial charge in [-0.15, -0.1) is 0 Å². The van der Waals surface area contributed by atoms with Crippen molar-refractivity contribution in [3.63, 3.8) is 0 Å². The van der Waals surface area contributed by atoms with E-state index in [-0.39, 0.29) is 35.1 Å². The van der Waals surface area contributed by atoms with Crippen molar-refractivity contribution >= 4 is 17.1 Å². The lowest BCUT2D eigenvalue weighted by Gasteiger charge is -2.18. The molecule has 1 saturated heterocycles. The van der Waals surface area contributed by atoms with Crippen LogP contribution in [0, 0.1) is 26.1 Å². The minimum Gasteiger partial charge on any atom is -0.379 e. The predicted octanol–water partition coefficient (Wildman–Crippen LogP) is 1.42. The summed E-state index contributed by atoms with van der Waals surface area (Å²) in [6.07, 6.45) is 0. The molecule has 0 amide bonds. The molecule has 3 N–H and O–H groups in total. The summed E-state index contributed by atoms with van der Waals surface area (Å²) in [7, 11) is 0. The monoisotopic (exact) mass is 295 g/mol. The lowest BCUT2D eigenvalue weighted by molar-refractivity contribution is -0.393. The normalized spacial score (nSPS) is 24.8. The summed E-state index contributed by atoms with van der Waals surface area (Å²) in [6, 6.07) is 4.06. The van der Waals surface area contributed by atoms with Crippen LogP contribution in [0.15, 0.2) is 18.2 Å². The van der Waals surface area contributed by atoms with Crippen LogP contribution in [0.25, 0.3) is 0 Å². The highest BCUT2D eigenvalue weighted by atomic mass is 16.6. The molecule has 0 aliphatic carbocycles. The zero-order chi connectivity index (χ0) is 15.6. The maximum Gasteiger partial charge on any atom is 0.299 e. The molecule has 9 heteroatoms. The first-order valence-corrected chi connectivity index (χ1v) is 6.58. The van der Waals surface area contributed by atoms with Gasteiger partial charge in [-0.2, -0.15) is 0 Å². The molecule has 1 aromatic carbocycles. The first-order chi connectivity index (χ1) is 9.90. The SMILES string of the molecule is CC1NNC(C)C1CNc1ccc([N+](=O)[O-])cc1[N+](=O)[O-]. The van der Waals surface area contributed by atoms with Crippen LogP contribution in [-0.4, -0.2) is 28.5 Å². The fourth-order valence-electron chi connectivity index (χ4n) is 2.43. The molecular formula is C12H17N5O4. The quantitative estimate of drug-likeness (QED) is 0.554. The van der Waals surface area contributed by atoms with Crippen molar-refractivity contribution in [1.29, 1.82) is 0 Å². The Morgan fingerprint density at radius 1 is 1.14 bits per heavy atom. The first-order valence-electron chi connectivity index (χ1n) is 6.58. The highest BCUT2D eigenvalue weighted by Gasteiger charge is 2.30. The molecular weight excluding hydrogens is 278 g/mol. The number of nitro groups is 2. The summed E-state index contributed by atoms with van der Waals surface area (Å²) in [5.74, 6) is 0.250. The van der Waals surface area contributed by atoms with Crippen LogP contribution < -0.4 is 16.2 Å². The van der Waals surface area contributed by atoms with Crippen molar-refractivity contribution in [2.24, 2.45) is 5.92 Å². The summed E-state index contributed by atoms with van der Waals surface area (Å²) >= 11 is 0. The van der Waals surface area contributed by atoms with E-state index in [9.17, 15) is 20.2 Å². The third-order valence-electron chi connectivity index (χ3n) is 3.74. The number of nitrogens with zero attached hydrogens (tertiary/aromatic N) is 2. The molecule has 114 valence electrons. The Labute approximate surface area is 121 Å². The molecule has 21 heavy (non-hydrogen) atoms. The average Bonchev–Trinajstić information content (AvgIpc) is 2.75. The van der Waals surface area contributed by atoms with Gasteiger partial charge in [0, 0.05) is 30.6 Å². The Bertz CT molecular complexity index is 555. The molecule has 0 saturated carbocycles. The van der Waals surface area contributed by atoms with E-state index in [1.165, 1.54) is 12.1 Å². The first kappa shape index (κ1) is 15.1. The Kier molecular flexibility index (Phi) is 4.34. The van der Waals surface area contributed by atoms with E-state index in [1.54, 1.807) is 0 Å². The van der Waals surface area contributed by atoms with Crippen molar-refractivity contribution in [2.45, 2.75) is 25.9 Å². The topological polar surface area (TPSA) is 122 Å². The molecule has 0 radical (unpaired) electrons. The molecule has 9 nitrogen and oxygen atoms in total. The molecule has 1 aromatic rings. The van der Waals surface area contributed by atoms with Crippen molar-refractivity contribution in [1.82, 2.24) is 10.9 Å². The zero-order valence-electron chi connectivity index (χ0n) is 11.7. The molecule has 0 bridgehead atoms. The van der Waals surface area contributed by atoms with Gasteiger partial charge in [0.25, 0.3) is 11.4 Å². The van der Waals surface area contributed by atoms with Gasteiger partial charge in [-0.25, -0.2) is 0 Å². The van der Waals surface area contributed by atoms with Crippen LogP contribution >= 0.6 is 0 Å². The van der Waals surface area contributed by atoms with Gasteiger partial charge < -0.3 is 5.32 Å². The molecule has 0 aromatic heterocycles. The van der Waals surface area contributed by atoms with Gasteiger partial charge >= 0.3 is 0 Å². The molecule has 2 rings (SSSR count). The Morgan fingerprint density at radius 2 is 1.76 bits per heavy atom. The van der Waals surface area contributed by atoms with E-state index in [2.05, 4.69) is 16.2 Å². The second kappa shape index (κ2) is 6.02. The minimum atomic E-state index is -0.647. The number of nitro benzene ring substituents is 2. The van der Waals surface area contributed by atoms with E-state index in [0.717, 1.165) is 6.07 Å². The fraction of sp³-hybridized carbons (Fsp3) is 0.500. The maximum atomic E-state index is 11.0. The van der Waals surface area contributed by atoms with E-state index < -0.39 is 9.85 Å². The van der Waals surface area contributed by atoms with Gasteiger partial charge in [0.15, 0.2) is 0 Å². The smallest absolute Gasteiger partial charge is 0.299 e. The molecule has 1 aliphatic heterocycles. The summed E-state index contributed by atoms with van der Waals surface area (Å²) in [6.45, 7) is 4.57. The van der Waals surface area contributed by atoms with Crippen LogP contribution in [0.5, 0.6) is 0 Å². The van der Waals surface area contributed by atoms with Gasteiger partial charge in [0.05, 0.1) is 15.9 Å². The summed E-state index contributed by atoms with van der Waals surface area (Å²) in [5.41, 5.74) is 5.91. The predicted molar refractivity (Wildman–Crippen MR) is 76.9 cm³/mol. The number of hydrogen-bond acceptors (Lipinski definition) is 7. The van der Waals surface area contributed by atoms with Crippen LogP contribution in [0.3, 0.4) is 0 Å². The third kappa shape index (κ3) is 3.26. The number of anilines is 1. The number of rotatable bonds is 5. The van der Waals surface area contributed by atoms with E-state index >= 15 is 0 Å². The number of nitrogens with one attached hydrogen (secondary N) is 3. The van der Waals surface area contributed by atoms with Gasteiger partial charge in [-0.05, 0) is 19.9 Å². The van der Waals surface area contributed by atoms with Gasteiger partial charge in [-0.3, -0.25) is 31.1 Å². The molecule has 0 spiro atoms. The van der Waals surface area contributed by atoms with Gasteiger partial charge in [0.1, 0.15) is 5.69 Å². The highest BCUT2D eigenvalue weighted by molar-refractivity contribution is 5.65. The zero-order valence-corrected chi connectivity index (χ0v) is 11.7. The summed E-state index contributed by atoms with van der Waals surface area (Å²) < 4.78 is 0. The number of hydrazine groups is 1. The highest BCUT2D eigenvalue weighted by Crippen LogP contribution is 2.29. The molecule has 1 heterocycles. The standard InChI is InChI=1S/C12H17N5O4/c1-7-10(8(2)15-14-7)6-13-11-4-3-9(16(18)19)5-12(11)17(20)21/h3-5,7-8,10,13-15H,6H2,1-2H3. The van der Waals surface area contributed by atoms with Crippen LogP contribution in [0.2, 0.25) is 0 Å². The summed E-state index contributed by atoms with van der Waals surface area (Å²) in [4.78, 5) is 20.5. The van der Waals surface area contributed by atoms with E-state index in [0.29, 0.717) is 6.54 Å². The maximum absolute atomic E-state index is 11.0. The van der Waals surface area contributed by atoms with E-state index in [1.807, 2.05) is 13.8 Å². The second-order valence-corrected chi connectivity index (χ2v) is 5.13. The lowest BCUT2D eigenvalue weighted by atomic mass is 9.96. The molecule has 1 fully saturated rings. The average molecular weight is 295 g/mol. The lowest BCUT2D eigenvalue weighted by Crippen LogP contribution is -2.30. The van der Waals surface area contributed by atoms with Crippen molar-refractivity contribution in [2.75, 3.05) is 11.9 Å². The van der Waals surface area contributed by atoms with Crippen molar-refractivity contribution in [3.8, 4) is 0 Å². The minimum absolute atomic E-state index is 0.226. The van der Waals surface area contributed by atoms with Crippen LogP contribution in [0.4, 0.5) is 17.1 Å². The summed E-state index contributed by atoms with van der Waals surface area (Å²) in [5, 5.41) is 24.7. The molecule has 2 atom stereocenters. The van der Waals surface area contributed by atoms with Crippen molar-refractivity contribution < 1.29 is 9.85 Å². The Hall–Kier alpha value is -2.26. The largest absolute Gasteiger partial charge is 0.379 e. The Morgan fingerprint density at radius 3 is 2.29 bits per heavy atom. The van der Waals surface area contributed by atoms with Gasteiger partial charge in [-0.1, -0.05) is 0 Å². The second-order valence-electron chi connectivity index (χ2n) is 5.13. The molecule has 1 aliphatic rings. The third-order valence-corrected chi connectivity index (χ3v) is 3.74. The number of non-ortho nitro benzene ring substituents is 1. The fourth-order valence-corrected chi connectivity index (χ4v) is 2.43.